The average Bonchev–Trinajstić information content (AvgIpc) is 2.75. The van der Waals surface area contributed by atoms with Gasteiger partial charge in [0.2, 0.25) is 5.91 Å². The Kier molecular flexibility index (Phi) is 6.35. The van der Waals surface area contributed by atoms with Gasteiger partial charge >= 0.3 is 0 Å². The van der Waals surface area contributed by atoms with Gasteiger partial charge in [-0.15, -0.1) is 0 Å². The van der Waals surface area contributed by atoms with E-state index in [1.54, 1.807) is 5.57 Å². The number of hydrogen-bond donors (Lipinski definition) is 1. The van der Waals surface area contributed by atoms with Crippen molar-refractivity contribution in [3.63, 3.8) is 0 Å². The molecule has 0 radical (unpaired) electrons. The molecule has 1 aromatic carbocycles. The molecular weight excluding hydrogens is 392 g/mol. The largest absolute Gasteiger partial charge is 0.342 e. The molecule has 3 heteroatoms. The minimum atomic E-state index is -0.318. The predicted octanol–water partition coefficient (Wildman–Crippen LogP) is 6.08. The maximum Gasteiger partial charge on any atom is 0.228 e. The van der Waals surface area contributed by atoms with E-state index in [4.69, 9.17) is 5.73 Å². The van der Waals surface area contributed by atoms with Gasteiger partial charge in [0.1, 0.15) is 0 Å². The fourth-order valence-electron chi connectivity index (χ4n) is 7.38. The Morgan fingerprint density at radius 1 is 1.16 bits per heavy atom. The van der Waals surface area contributed by atoms with Gasteiger partial charge in [0, 0.05) is 24.5 Å². The van der Waals surface area contributed by atoms with Crippen LogP contribution in [0, 0.1) is 22.7 Å². The molecule has 1 aromatic rings. The van der Waals surface area contributed by atoms with Crippen LogP contribution in [0.25, 0.3) is 0 Å². The molecule has 4 rings (SSSR count). The molecule has 176 valence electrons. The van der Waals surface area contributed by atoms with E-state index in [1.165, 1.54) is 18.4 Å². The van der Waals surface area contributed by atoms with Crippen LogP contribution in [0.4, 0.5) is 0 Å². The Hall–Kier alpha value is -1.61. The first-order valence-corrected chi connectivity index (χ1v) is 12.9. The fraction of sp³-hybridized carbons (Fsp3) is 0.690. The van der Waals surface area contributed by atoms with Gasteiger partial charge in [0.05, 0.1) is 0 Å². The first-order valence-electron chi connectivity index (χ1n) is 12.9. The van der Waals surface area contributed by atoms with E-state index in [9.17, 15) is 4.79 Å². The number of carbonyl (C=O) groups excluding carboxylic acids is 1. The lowest BCUT2D eigenvalue weighted by Gasteiger charge is -2.56. The van der Waals surface area contributed by atoms with Gasteiger partial charge in [0.15, 0.2) is 0 Å². The van der Waals surface area contributed by atoms with E-state index in [0.29, 0.717) is 17.7 Å². The molecule has 0 aromatic heterocycles. The highest BCUT2D eigenvalue weighted by molar-refractivity contribution is 5.83. The maximum absolute atomic E-state index is 14.1. The summed E-state index contributed by atoms with van der Waals surface area (Å²) in [7, 11) is 0. The molecule has 32 heavy (non-hydrogen) atoms. The molecular formula is C29H44N2O. The predicted molar refractivity (Wildman–Crippen MR) is 133 cm³/mol. The molecule has 1 saturated heterocycles. The van der Waals surface area contributed by atoms with Crippen molar-refractivity contribution in [2.45, 2.75) is 91.0 Å². The van der Waals surface area contributed by atoms with Gasteiger partial charge in [-0.2, -0.15) is 0 Å². The third kappa shape index (κ3) is 4.18. The number of nitrogens with zero attached hydrogens (tertiary/aromatic N) is 1. The number of likely N-dealkylation sites (tertiary alicyclic amines) is 1. The number of unbranched alkanes of at least 4 members (excludes halogenated alkanes) is 1. The third-order valence-electron chi connectivity index (χ3n) is 8.97. The second-order valence-electron chi connectivity index (χ2n) is 12.2. The second-order valence-corrected chi connectivity index (χ2v) is 12.2. The summed E-state index contributed by atoms with van der Waals surface area (Å²) in [6, 6.07) is 11.3. The van der Waals surface area contributed by atoms with Crippen molar-refractivity contribution >= 4 is 5.91 Å². The summed E-state index contributed by atoms with van der Waals surface area (Å²) in [5.74, 6) is 1.47. The topological polar surface area (TPSA) is 46.3 Å². The lowest BCUT2D eigenvalue weighted by molar-refractivity contribution is -0.150. The van der Waals surface area contributed by atoms with Crippen molar-refractivity contribution in [3.05, 3.63) is 47.5 Å². The summed E-state index contributed by atoms with van der Waals surface area (Å²) >= 11 is 0. The lowest BCUT2D eigenvalue weighted by atomic mass is 9.49. The van der Waals surface area contributed by atoms with Gasteiger partial charge in [-0.05, 0) is 66.8 Å². The van der Waals surface area contributed by atoms with Gasteiger partial charge in [-0.3, -0.25) is 4.79 Å². The number of rotatable bonds is 4. The number of piperidine rings is 1. The Balaban J connectivity index is 1.70. The Labute approximate surface area is 195 Å². The fourth-order valence-corrected chi connectivity index (χ4v) is 7.38. The molecule has 5 unspecified atom stereocenters. The van der Waals surface area contributed by atoms with Crippen molar-refractivity contribution in [1.29, 1.82) is 0 Å². The SMILES string of the molecule is CCC/C=C1\C(C)CC2(c3ccccc3)CC1CC(C)(C(=O)N1CCC(N)C(C)(C)C1)C2. The molecule has 1 heterocycles. The summed E-state index contributed by atoms with van der Waals surface area (Å²) in [6.45, 7) is 13.0. The highest BCUT2D eigenvalue weighted by Gasteiger charge is 2.55. The Morgan fingerprint density at radius 3 is 2.53 bits per heavy atom. The summed E-state index contributed by atoms with van der Waals surface area (Å²) < 4.78 is 0. The van der Waals surface area contributed by atoms with Crippen LogP contribution < -0.4 is 5.73 Å². The molecule has 3 nitrogen and oxygen atoms in total. The quantitative estimate of drug-likeness (QED) is 0.581. The van der Waals surface area contributed by atoms with Crippen LogP contribution in [0.5, 0.6) is 0 Å². The number of fused-ring (bicyclic) bond motifs is 2. The standard InChI is InChI=1S/C29H44N2O/c1-6-7-13-24-21(2)16-29(23-11-9-8-10-12-23)18-22(24)17-28(5,19-29)26(32)31-15-14-25(30)27(3,4)20-31/h8-13,21-22,25H,6-7,14-20,30H2,1-5H3/b24-13+. The second kappa shape index (κ2) is 8.63. The molecule has 5 atom stereocenters. The molecule has 3 aliphatic rings. The van der Waals surface area contributed by atoms with E-state index in [1.807, 2.05) is 0 Å². The zero-order chi connectivity index (χ0) is 23.1. The zero-order valence-electron chi connectivity index (χ0n) is 21.0. The summed E-state index contributed by atoms with van der Waals surface area (Å²) in [5, 5.41) is 0. The van der Waals surface area contributed by atoms with Gasteiger partial charge < -0.3 is 10.6 Å². The molecule has 2 bridgehead atoms. The van der Waals surface area contributed by atoms with Crippen LogP contribution in [0.15, 0.2) is 42.0 Å². The van der Waals surface area contributed by atoms with Crippen LogP contribution in [0.2, 0.25) is 0 Å². The van der Waals surface area contributed by atoms with Crippen molar-refractivity contribution in [1.82, 2.24) is 4.90 Å². The molecule has 1 aliphatic heterocycles. The van der Waals surface area contributed by atoms with Crippen molar-refractivity contribution in [3.8, 4) is 0 Å². The number of allylic oxidation sites excluding steroid dienone is 2. The van der Waals surface area contributed by atoms with E-state index >= 15 is 0 Å². The summed E-state index contributed by atoms with van der Waals surface area (Å²) in [5.41, 5.74) is 9.21. The molecule has 3 fully saturated rings. The smallest absolute Gasteiger partial charge is 0.228 e. The van der Waals surface area contributed by atoms with Crippen LogP contribution in [0.1, 0.15) is 85.1 Å². The van der Waals surface area contributed by atoms with E-state index in [0.717, 1.165) is 45.2 Å². The van der Waals surface area contributed by atoms with Crippen molar-refractivity contribution in [2.75, 3.05) is 13.1 Å². The first-order chi connectivity index (χ1) is 15.1. The number of amides is 1. The zero-order valence-corrected chi connectivity index (χ0v) is 21.0. The van der Waals surface area contributed by atoms with Crippen LogP contribution in [0.3, 0.4) is 0 Å². The average molecular weight is 437 g/mol. The number of nitrogens with two attached hydrogens (primary N) is 1. The number of hydrogen-bond acceptors (Lipinski definition) is 2. The number of benzene rings is 1. The Morgan fingerprint density at radius 2 is 1.88 bits per heavy atom. The van der Waals surface area contributed by atoms with Crippen molar-refractivity contribution < 1.29 is 4.79 Å². The van der Waals surface area contributed by atoms with Crippen LogP contribution >= 0.6 is 0 Å². The highest BCUT2D eigenvalue weighted by Crippen LogP contribution is 2.60. The van der Waals surface area contributed by atoms with Crippen LogP contribution in [-0.2, 0) is 10.2 Å². The molecule has 2 aliphatic carbocycles. The summed E-state index contributed by atoms with van der Waals surface area (Å²) in [6.07, 6.45) is 10.1. The molecule has 2 N–H and O–H groups in total. The monoisotopic (exact) mass is 436 g/mol. The van der Waals surface area contributed by atoms with E-state index in [2.05, 4.69) is 75.9 Å². The molecule has 2 saturated carbocycles. The normalized spacial score (nSPS) is 38.0. The van der Waals surface area contributed by atoms with Gasteiger partial charge in [-0.1, -0.05) is 83.0 Å². The van der Waals surface area contributed by atoms with Gasteiger partial charge in [0.25, 0.3) is 0 Å². The first kappa shape index (κ1) is 23.5. The lowest BCUT2D eigenvalue weighted by Crippen LogP contribution is -2.59. The van der Waals surface area contributed by atoms with E-state index in [-0.39, 0.29) is 22.3 Å². The molecule has 0 spiro atoms. The summed E-state index contributed by atoms with van der Waals surface area (Å²) in [4.78, 5) is 16.3. The van der Waals surface area contributed by atoms with Crippen molar-refractivity contribution in [2.24, 2.45) is 28.4 Å². The third-order valence-corrected chi connectivity index (χ3v) is 8.97. The minimum absolute atomic E-state index is 0.0212. The molecule has 1 amide bonds. The Bertz CT molecular complexity index is 855. The maximum atomic E-state index is 14.1. The van der Waals surface area contributed by atoms with Crippen LogP contribution in [-0.4, -0.2) is 29.9 Å². The van der Waals surface area contributed by atoms with E-state index < -0.39 is 0 Å². The number of carbonyl (C=O) groups is 1. The highest BCUT2D eigenvalue weighted by atomic mass is 16.2. The minimum Gasteiger partial charge on any atom is -0.342 e. The van der Waals surface area contributed by atoms with Gasteiger partial charge in [-0.25, -0.2) is 0 Å².